The number of ether oxygens (including phenoxy) is 1. The lowest BCUT2D eigenvalue weighted by atomic mass is 10.2. The molecule has 1 aliphatic rings. The number of rotatable bonds is 1. The summed E-state index contributed by atoms with van der Waals surface area (Å²) in [7, 11) is 2.10. The molecule has 1 aliphatic heterocycles. The van der Waals surface area contributed by atoms with Gasteiger partial charge in [-0.25, -0.2) is 0 Å². The smallest absolute Gasteiger partial charge is 0.0850 e. The Morgan fingerprint density at radius 3 is 2.80 bits per heavy atom. The number of hydrogen-bond acceptors (Lipinski definition) is 3. The Bertz CT molecular complexity index is 106. The molecule has 2 atom stereocenters. The molecule has 1 fully saturated rings. The molecule has 0 amide bonds. The van der Waals surface area contributed by atoms with Gasteiger partial charge in [0.1, 0.15) is 0 Å². The van der Waals surface area contributed by atoms with Gasteiger partial charge in [-0.1, -0.05) is 0 Å². The molecule has 0 aromatic carbocycles. The van der Waals surface area contributed by atoms with Crippen molar-refractivity contribution in [3.8, 4) is 0 Å². The van der Waals surface area contributed by atoms with E-state index in [0.29, 0.717) is 0 Å². The highest BCUT2D eigenvalue weighted by Crippen LogP contribution is 2.04. The normalized spacial score (nSPS) is 32.1. The van der Waals surface area contributed by atoms with Gasteiger partial charge in [-0.05, 0) is 14.0 Å². The highest BCUT2D eigenvalue weighted by molar-refractivity contribution is 4.75. The monoisotopic (exact) mass is 144 g/mol. The van der Waals surface area contributed by atoms with Crippen molar-refractivity contribution in [3.63, 3.8) is 0 Å². The molecular formula is C7H16N2O. The molecule has 1 rings (SSSR count). The first-order valence-corrected chi connectivity index (χ1v) is 3.76. The fourth-order valence-electron chi connectivity index (χ4n) is 1.13. The van der Waals surface area contributed by atoms with Crippen molar-refractivity contribution in [3.05, 3.63) is 0 Å². The summed E-state index contributed by atoms with van der Waals surface area (Å²) in [6, 6.07) is 0.155. The first kappa shape index (κ1) is 7.98. The van der Waals surface area contributed by atoms with E-state index in [-0.39, 0.29) is 12.1 Å². The lowest BCUT2D eigenvalue weighted by Crippen LogP contribution is -2.47. The summed E-state index contributed by atoms with van der Waals surface area (Å²) in [5.74, 6) is 0. The van der Waals surface area contributed by atoms with E-state index in [0.717, 1.165) is 19.7 Å². The maximum Gasteiger partial charge on any atom is 0.0850 e. The van der Waals surface area contributed by atoms with Crippen LogP contribution in [-0.4, -0.2) is 43.8 Å². The molecule has 0 aromatic rings. The minimum absolute atomic E-state index is 0.155. The fraction of sp³-hybridized carbons (Fsp3) is 1.00. The second-order valence-corrected chi connectivity index (χ2v) is 3.03. The molecule has 0 bridgehead atoms. The molecule has 10 heavy (non-hydrogen) atoms. The Morgan fingerprint density at radius 1 is 1.70 bits per heavy atom. The number of hydrogen-bond donors (Lipinski definition) is 1. The Kier molecular flexibility index (Phi) is 2.65. The highest BCUT2D eigenvalue weighted by Gasteiger charge is 2.20. The maximum atomic E-state index is 5.68. The van der Waals surface area contributed by atoms with Crippen LogP contribution in [0.3, 0.4) is 0 Å². The molecule has 0 spiro atoms. The number of morpholine rings is 1. The number of likely N-dealkylation sites (N-methyl/N-ethyl adjacent to an activating group) is 1. The van der Waals surface area contributed by atoms with Crippen LogP contribution in [0.2, 0.25) is 0 Å². The summed E-state index contributed by atoms with van der Waals surface area (Å²) in [5, 5.41) is 0. The lowest BCUT2D eigenvalue weighted by Gasteiger charge is -2.32. The average molecular weight is 144 g/mol. The van der Waals surface area contributed by atoms with Gasteiger partial charge >= 0.3 is 0 Å². The Morgan fingerprint density at radius 2 is 2.40 bits per heavy atom. The van der Waals surface area contributed by atoms with Crippen molar-refractivity contribution < 1.29 is 4.74 Å². The molecule has 0 aromatic heterocycles. The fourth-order valence-corrected chi connectivity index (χ4v) is 1.13. The van der Waals surface area contributed by atoms with Gasteiger partial charge in [0.05, 0.1) is 12.7 Å². The Labute approximate surface area is 62.1 Å². The summed E-state index contributed by atoms with van der Waals surface area (Å²) in [4.78, 5) is 2.25. The summed E-state index contributed by atoms with van der Waals surface area (Å²) < 4.78 is 5.44. The predicted octanol–water partition coefficient (Wildman–Crippen LogP) is -0.336. The van der Waals surface area contributed by atoms with E-state index in [1.54, 1.807) is 0 Å². The zero-order valence-electron chi connectivity index (χ0n) is 6.71. The van der Waals surface area contributed by atoms with E-state index in [9.17, 15) is 0 Å². The molecule has 1 unspecified atom stereocenters. The van der Waals surface area contributed by atoms with Gasteiger partial charge in [-0.15, -0.1) is 0 Å². The van der Waals surface area contributed by atoms with Crippen molar-refractivity contribution in [1.82, 2.24) is 4.90 Å². The third-order valence-corrected chi connectivity index (χ3v) is 1.88. The summed E-state index contributed by atoms with van der Waals surface area (Å²) in [5.41, 5.74) is 5.68. The predicted molar refractivity (Wildman–Crippen MR) is 40.9 cm³/mol. The molecule has 0 saturated carbocycles. The van der Waals surface area contributed by atoms with Crippen LogP contribution in [0.4, 0.5) is 0 Å². The third-order valence-electron chi connectivity index (χ3n) is 1.88. The van der Waals surface area contributed by atoms with Gasteiger partial charge in [0.2, 0.25) is 0 Å². The standard InChI is InChI=1S/C7H16N2O/c1-6(8)7-5-9(2)3-4-10-7/h6-7H,3-5,8H2,1-2H3/t6-,7?/m1/s1. The topological polar surface area (TPSA) is 38.5 Å². The van der Waals surface area contributed by atoms with E-state index in [1.165, 1.54) is 0 Å². The zero-order valence-corrected chi connectivity index (χ0v) is 6.71. The zero-order chi connectivity index (χ0) is 7.56. The summed E-state index contributed by atoms with van der Waals surface area (Å²) in [6.07, 6.45) is 0.235. The first-order chi connectivity index (χ1) is 4.70. The molecule has 60 valence electrons. The molecule has 3 heteroatoms. The Hall–Kier alpha value is -0.120. The van der Waals surface area contributed by atoms with Crippen LogP contribution in [0.15, 0.2) is 0 Å². The molecular weight excluding hydrogens is 128 g/mol. The molecule has 0 aliphatic carbocycles. The van der Waals surface area contributed by atoms with Crippen molar-refractivity contribution in [2.24, 2.45) is 5.73 Å². The van der Waals surface area contributed by atoms with Crippen LogP contribution >= 0.6 is 0 Å². The van der Waals surface area contributed by atoms with Gasteiger partial charge in [-0.2, -0.15) is 0 Å². The van der Waals surface area contributed by atoms with Crippen molar-refractivity contribution in [2.45, 2.75) is 19.1 Å². The molecule has 2 N–H and O–H groups in total. The van der Waals surface area contributed by atoms with Gasteiger partial charge < -0.3 is 15.4 Å². The van der Waals surface area contributed by atoms with Crippen LogP contribution in [0.25, 0.3) is 0 Å². The van der Waals surface area contributed by atoms with E-state index in [1.807, 2.05) is 6.92 Å². The summed E-state index contributed by atoms with van der Waals surface area (Å²) in [6.45, 7) is 4.81. The molecule has 0 radical (unpaired) electrons. The average Bonchev–Trinajstić information content (AvgIpc) is 1.88. The Balaban J connectivity index is 2.32. The van der Waals surface area contributed by atoms with Crippen LogP contribution in [0.5, 0.6) is 0 Å². The minimum atomic E-state index is 0.155. The molecule has 1 saturated heterocycles. The quantitative estimate of drug-likeness (QED) is 0.547. The lowest BCUT2D eigenvalue weighted by molar-refractivity contribution is -0.0291. The van der Waals surface area contributed by atoms with E-state index in [2.05, 4.69) is 11.9 Å². The van der Waals surface area contributed by atoms with E-state index < -0.39 is 0 Å². The van der Waals surface area contributed by atoms with E-state index >= 15 is 0 Å². The van der Waals surface area contributed by atoms with Crippen molar-refractivity contribution >= 4 is 0 Å². The number of nitrogens with zero attached hydrogens (tertiary/aromatic N) is 1. The van der Waals surface area contributed by atoms with Gasteiger partial charge in [-0.3, -0.25) is 0 Å². The van der Waals surface area contributed by atoms with Crippen LogP contribution in [-0.2, 0) is 4.74 Å². The van der Waals surface area contributed by atoms with Gasteiger partial charge in [0.15, 0.2) is 0 Å². The second-order valence-electron chi connectivity index (χ2n) is 3.03. The van der Waals surface area contributed by atoms with Crippen LogP contribution in [0, 0.1) is 0 Å². The van der Waals surface area contributed by atoms with E-state index in [4.69, 9.17) is 10.5 Å². The minimum Gasteiger partial charge on any atom is -0.374 e. The van der Waals surface area contributed by atoms with Crippen LogP contribution < -0.4 is 5.73 Å². The number of nitrogens with two attached hydrogens (primary N) is 1. The highest BCUT2D eigenvalue weighted by atomic mass is 16.5. The van der Waals surface area contributed by atoms with Crippen LogP contribution in [0.1, 0.15) is 6.92 Å². The van der Waals surface area contributed by atoms with Crippen molar-refractivity contribution in [1.29, 1.82) is 0 Å². The van der Waals surface area contributed by atoms with Gasteiger partial charge in [0, 0.05) is 19.1 Å². The maximum absolute atomic E-state index is 5.68. The molecule has 3 nitrogen and oxygen atoms in total. The first-order valence-electron chi connectivity index (χ1n) is 3.76. The third kappa shape index (κ3) is 1.94. The second kappa shape index (κ2) is 3.32. The van der Waals surface area contributed by atoms with Crippen molar-refractivity contribution in [2.75, 3.05) is 26.7 Å². The SMILES string of the molecule is C[C@@H](N)C1CN(C)CCO1. The summed E-state index contributed by atoms with van der Waals surface area (Å²) >= 11 is 0. The largest absolute Gasteiger partial charge is 0.374 e. The molecule has 1 heterocycles. The van der Waals surface area contributed by atoms with Gasteiger partial charge in [0.25, 0.3) is 0 Å².